The zero-order chi connectivity index (χ0) is 13.3. The molecule has 0 bridgehead atoms. The lowest BCUT2D eigenvalue weighted by atomic mass is 10.1. The molecule has 0 aliphatic rings. The van der Waals surface area contributed by atoms with Gasteiger partial charge in [0.2, 0.25) is 5.78 Å². The Kier molecular flexibility index (Phi) is 3.34. The Labute approximate surface area is 107 Å². The number of aryl methyl sites for hydroxylation is 1. The van der Waals surface area contributed by atoms with Gasteiger partial charge in [0.25, 0.3) is 0 Å². The van der Waals surface area contributed by atoms with Crippen molar-refractivity contribution in [3.63, 3.8) is 0 Å². The number of alkyl halides is 3. The maximum absolute atomic E-state index is 12.7. The maximum Gasteiger partial charge on any atom is 0.380 e. The van der Waals surface area contributed by atoms with E-state index in [4.69, 9.17) is 11.6 Å². The third-order valence-corrected chi connectivity index (χ3v) is 2.89. The fourth-order valence-corrected chi connectivity index (χ4v) is 1.89. The van der Waals surface area contributed by atoms with Crippen LogP contribution in [-0.4, -0.2) is 20.9 Å². The van der Waals surface area contributed by atoms with E-state index in [1.807, 2.05) is 19.1 Å². The minimum atomic E-state index is -3.84. The lowest BCUT2D eigenvalue weighted by Crippen LogP contribution is -2.23. The van der Waals surface area contributed by atoms with E-state index in [-0.39, 0.29) is 0 Å². The van der Waals surface area contributed by atoms with E-state index >= 15 is 0 Å². The molecular formula is C12H11ClF2N2O. The summed E-state index contributed by atoms with van der Waals surface area (Å²) in [4.78, 5) is 11.2. The first kappa shape index (κ1) is 13.0. The normalized spacial score (nSPS) is 12.0. The van der Waals surface area contributed by atoms with Crippen LogP contribution in [0.2, 0.25) is 0 Å². The quantitative estimate of drug-likeness (QED) is 0.802. The molecule has 0 radical (unpaired) electrons. The molecule has 2 rings (SSSR count). The molecule has 0 N–H and O–H groups in total. The molecule has 0 fully saturated rings. The summed E-state index contributed by atoms with van der Waals surface area (Å²) in [6, 6.07) is 7.19. The predicted octanol–water partition coefficient (Wildman–Crippen LogP) is 3.00. The maximum atomic E-state index is 12.7. The standard InChI is InChI=1S/C12H11ClF2N2O/c1-2-17-10-6-4-3-5-8(10)9(16-17)7-11(18)12(13,14)15/h3-6H,2,7H2,1H3. The van der Waals surface area contributed by atoms with Crippen LogP contribution in [0.1, 0.15) is 12.6 Å². The van der Waals surface area contributed by atoms with Crippen LogP contribution >= 0.6 is 11.6 Å². The average molecular weight is 273 g/mol. The predicted molar refractivity (Wildman–Crippen MR) is 64.9 cm³/mol. The van der Waals surface area contributed by atoms with Crippen molar-refractivity contribution >= 4 is 28.3 Å². The van der Waals surface area contributed by atoms with E-state index in [0.29, 0.717) is 17.6 Å². The topological polar surface area (TPSA) is 34.9 Å². The molecule has 0 unspecified atom stereocenters. The second-order valence-electron chi connectivity index (χ2n) is 3.88. The van der Waals surface area contributed by atoms with Gasteiger partial charge in [-0.2, -0.15) is 13.9 Å². The molecule has 6 heteroatoms. The lowest BCUT2D eigenvalue weighted by molar-refractivity contribution is -0.132. The number of benzene rings is 1. The van der Waals surface area contributed by atoms with Gasteiger partial charge in [-0.1, -0.05) is 18.2 Å². The Morgan fingerprint density at radius 3 is 2.72 bits per heavy atom. The summed E-state index contributed by atoms with van der Waals surface area (Å²) in [5, 5.41) is 1.03. The SMILES string of the molecule is CCn1nc(CC(=O)C(F)(F)Cl)c2ccccc21. The smallest absolute Gasteiger partial charge is 0.291 e. The Morgan fingerprint density at radius 1 is 1.44 bits per heavy atom. The van der Waals surface area contributed by atoms with Crippen molar-refractivity contribution in [2.24, 2.45) is 0 Å². The molecule has 0 saturated carbocycles. The number of hydrogen-bond acceptors (Lipinski definition) is 2. The molecule has 2 aromatic rings. The van der Waals surface area contributed by atoms with Crippen LogP contribution in [0.5, 0.6) is 0 Å². The average Bonchev–Trinajstić information content (AvgIpc) is 2.67. The number of carbonyl (C=O) groups is 1. The second kappa shape index (κ2) is 4.65. The first-order chi connectivity index (χ1) is 8.43. The molecule has 0 saturated heterocycles. The monoisotopic (exact) mass is 272 g/mol. The van der Waals surface area contributed by atoms with Crippen LogP contribution in [-0.2, 0) is 17.8 Å². The number of Topliss-reactive ketones (excluding diaryl/α,β-unsaturated/α-hetero) is 1. The molecule has 0 amide bonds. The number of nitrogens with zero attached hydrogens (tertiary/aromatic N) is 2. The zero-order valence-electron chi connectivity index (χ0n) is 9.66. The van der Waals surface area contributed by atoms with Crippen molar-refractivity contribution in [3.8, 4) is 0 Å². The Morgan fingerprint density at radius 2 is 2.11 bits per heavy atom. The van der Waals surface area contributed by atoms with Crippen LogP contribution in [0.25, 0.3) is 10.9 Å². The molecular weight excluding hydrogens is 262 g/mol. The van der Waals surface area contributed by atoms with Crippen molar-refractivity contribution < 1.29 is 13.6 Å². The van der Waals surface area contributed by atoms with E-state index in [1.54, 1.807) is 16.8 Å². The van der Waals surface area contributed by atoms with Gasteiger partial charge < -0.3 is 0 Å². The van der Waals surface area contributed by atoms with E-state index in [0.717, 1.165) is 5.52 Å². The van der Waals surface area contributed by atoms with E-state index < -0.39 is 17.6 Å². The number of carbonyl (C=O) groups excluding carboxylic acids is 1. The number of para-hydroxylation sites is 1. The highest BCUT2D eigenvalue weighted by Crippen LogP contribution is 2.25. The highest BCUT2D eigenvalue weighted by atomic mass is 35.5. The highest BCUT2D eigenvalue weighted by Gasteiger charge is 2.36. The summed E-state index contributed by atoms with van der Waals surface area (Å²) < 4.78 is 27.0. The second-order valence-corrected chi connectivity index (χ2v) is 4.35. The first-order valence-electron chi connectivity index (χ1n) is 5.48. The Hall–Kier alpha value is -1.49. The molecule has 1 aromatic carbocycles. The molecule has 1 heterocycles. The number of rotatable bonds is 4. The molecule has 96 valence electrons. The Balaban J connectivity index is 2.43. The van der Waals surface area contributed by atoms with Crippen LogP contribution in [0.4, 0.5) is 8.78 Å². The van der Waals surface area contributed by atoms with Gasteiger partial charge in [-0.25, -0.2) is 0 Å². The zero-order valence-corrected chi connectivity index (χ0v) is 10.4. The van der Waals surface area contributed by atoms with Crippen molar-refractivity contribution in [2.45, 2.75) is 25.3 Å². The highest BCUT2D eigenvalue weighted by molar-refractivity contribution is 6.32. The minimum absolute atomic E-state index is 0.331. The van der Waals surface area contributed by atoms with Gasteiger partial charge in [-0.15, -0.1) is 0 Å². The fourth-order valence-electron chi connectivity index (χ4n) is 1.82. The van der Waals surface area contributed by atoms with E-state index in [2.05, 4.69) is 5.10 Å². The largest absolute Gasteiger partial charge is 0.380 e. The van der Waals surface area contributed by atoms with Crippen LogP contribution in [0.15, 0.2) is 24.3 Å². The molecule has 18 heavy (non-hydrogen) atoms. The van der Waals surface area contributed by atoms with Gasteiger partial charge in [0, 0.05) is 11.9 Å². The number of halogens is 3. The van der Waals surface area contributed by atoms with Gasteiger partial charge in [-0.3, -0.25) is 9.48 Å². The van der Waals surface area contributed by atoms with Crippen molar-refractivity contribution in [2.75, 3.05) is 0 Å². The molecule has 0 aliphatic heterocycles. The number of hydrogen-bond donors (Lipinski definition) is 0. The number of aromatic nitrogens is 2. The summed E-state index contributed by atoms with van der Waals surface area (Å²) in [6.07, 6.45) is -0.468. The lowest BCUT2D eigenvalue weighted by Gasteiger charge is -2.04. The third kappa shape index (κ3) is 2.36. The number of fused-ring (bicyclic) bond motifs is 1. The van der Waals surface area contributed by atoms with Gasteiger partial charge in [0.15, 0.2) is 0 Å². The van der Waals surface area contributed by atoms with Crippen molar-refractivity contribution in [3.05, 3.63) is 30.0 Å². The molecule has 0 atom stereocenters. The van der Waals surface area contributed by atoms with Crippen LogP contribution < -0.4 is 0 Å². The molecule has 0 spiro atoms. The summed E-state index contributed by atoms with van der Waals surface area (Å²) in [6.45, 7) is 2.49. The van der Waals surface area contributed by atoms with Crippen molar-refractivity contribution in [1.82, 2.24) is 9.78 Å². The third-order valence-electron chi connectivity index (χ3n) is 2.68. The van der Waals surface area contributed by atoms with Crippen molar-refractivity contribution in [1.29, 1.82) is 0 Å². The van der Waals surface area contributed by atoms with Gasteiger partial charge in [0.05, 0.1) is 17.6 Å². The fraction of sp³-hybridized carbons (Fsp3) is 0.333. The van der Waals surface area contributed by atoms with Gasteiger partial charge in [0.1, 0.15) is 0 Å². The molecule has 3 nitrogen and oxygen atoms in total. The van der Waals surface area contributed by atoms with E-state index in [1.165, 1.54) is 0 Å². The van der Waals surface area contributed by atoms with Gasteiger partial charge >= 0.3 is 5.38 Å². The summed E-state index contributed by atoms with van der Waals surface area (Å²) in [7, 11) is 0. The summed E-state index contributed by atoms with van der Waals surface area (Å²) in [5.74, 6) is -1.34. The van der Waals surface area contributed by atoms with Crippen LogP contribution in [0, 0.1) is 0 Å². The Bertz CT molecular complexity index is 589. The minimum Gasteiger partial charge on any atom is -0.291 e. The van der Waals surface area contributed by atoms with Gasteiger partial charge in [-0.05, 0) is 24.6 Å². The first-order valence-corrected chi connectivity index (χ1v) is 5.85. The van der Waals surface area contributed by atoms with Crippen LogP contribution in [0.3, 0.4) is 0 Å². The molecule has 0 aliphatic carbocycles. The molecule has 1 aromatic heterocycles. The summed E-state index contributed by atoms with van der Waals surface area (Å²) >= 11 is 4.71. The van der Waals surface area contributed by atoms with E-state index in [9.17, 15) is 13.6 Å². The summed E-state index contributed by atoms with van der Waals surface area (Å²) in [5.41, 5.74) is 1.15. The number of ketones is 1.